The number of urea groups is 1. The summed E-state index contributed by atoms with van der Waals surface area (Å²) in [6.07, 6.45) is 2.27. The Morgan fingerprint density at radius 3 is 2.67 bits per heavy atom. The molecule has 0 saturated heterocycles. The normalized spacial score (nSPS) is 16.6. The van der Waals surface area contributed by atoms with E-state index >= 15 is 0 Å². The lowest BCUT2D eigenvalue weighted by Gasteiger charge is -2.20. The number of carbonyl (C=O) groups excluding carboxylic acids is 2. The van der Waals surface area contributed by atoms with Gasteiger partial charge in [-0.1, -0.05) is 13.3 Å². The summed E-state index contributed by atoms with van der Waals surface area (Å²) < 4.78 is 26.6. The van der Waals surface area contributed by atoms with Gasteiger partial charge in [0.25, 0.3) is 10.0 Å². The molecule has 1 aliphatic heterocycles. The van der Waals surface area contributed by atoms with E-state index in [-0.39, 0.29) is 16.8 Å². The average Bonchev–Trinajstić information content (AvgIpc) is 2.81. The van der Waals surface area contributed by atoms with Crippen molar-refractivity contribution < 1.29 is 18.0 Å². The fraction of sp³-hybridized carbons (Fsp3) is 0.500. The van der Waals surface area contributed by atoms with Gasteiger partial charge in [0.1, 0.15) is 0 Å². The highest BCUT2D eigenvalue weighted by molar-refractivity contribution is 7.90. The highest BCUT2D eigenvalue weighted by Crippen LogP contribution is 2.33. The lowest BCUT2D eigenvalue weighted by atomic mass is 10.1. The first kappa shape index (κ1) is 18.3. The highest BCUT2D eigenvalue weighted by atomic mass is 32.2. The first-order valence-corrected chi connectivity index (χ1v) is 9.48. The molecule has 1 aliphatic rings. The van der Waals surface area contributed by atoms with E-state index < -0.39 is 16.1 Å². The number of rotatable bonds is 5. The van der Waals surface area contributed by atoms with Gasteiger partial charge in [0, 0.05) is 25.2 Å². The van der Waals surface area contributed by atoms with E-state index in [9.17, 15) is 18.0 Å². The van der Waals surface area contributed by atoms with E-state index in [0.717, 1.165) is 24.1 Å². The molecule has 0 bridgehead atoms. The Kier molecular flexibility index (Phi) is 5.48. The second-order valence-electron chi connectivity index (χ2n) is 5.95. The first-order valence-electron chi connectivity index (χ1n) is 7.99. The zero-order valence-corrected chi connectivity index (χ0v) is 14.9. The fourth-order valence-electron chi connectivity index (χ4n) is 2.85. The van der Waals surface area contributed by atoms with Crippen molar-refractivity contribution in [1.82, 2.24) is 10.0 Å². The smallest absolute Gasteiger partial charge is 0.328 e. The summed E-state index contributed by atoms with van der Waals surface area (Å²) in [6.45, 7) is 5.80. The van der Waals surface area contributed by atoms with E-state index in [2.05, 4.69) is 5.32 Å². The molecule has 0 aliphatic carbocycles. The van der Waals surface area contributed by atoms with Crippen molar-refractivity contribution in [3.8, 4) is 0 Å². The number of carbonyl (C=O) groups is 2. The summed E-state index contributed by atoms with van der Waals surface area (Å²) in [4.78, 5) is 25.1. The minimum absolute atomic E-state index is 0.0132. The molecule has 1 heterocycles. The molecule has 2 rings (SSSR count). The number of nitrogens with one attached hydrogen (secondary N) is 2. The highest BCUT2D eigenvalue weighted by Gasteiger charge is 2.30. The van der Waals surface area contributed by atoms with E-state index in [0.29, 0.717) is 13.0 Å². The molecule has 1 aromatic carbocycles. The molecule has 3 amide bonds. The lowest BCUT2D eigenvalue weighted by Crippen LogP contribution is -2.39. The quantitative estimate of drug-likeness (QED) is 0.789. The Labute approximate surface area is 142 Å². The molecular weight excluding hydrogens is 330 g/mol. The third-order valence-electron chi connectivity index (χ3n) is 3.96. The molecule has 0 saturated carbocycles. The SMILES string of the molecule is CCCCNC(=O)NS(=O)(=O)c1ccc2c(c1)C[C@H](C)N2C(C)=O. The van der Waals surface area contributed by atoms with Gasteiger partial charge in [-0.15, -0.1) is 0 Å². The molecule has 0 radical (unpaired) electrons. The number of sulfonamides is 1. The average molecular weight is 353 g/mol. The van der Waals surface area contributed by atoms with Crippen LogP contribution in [-0.2, 0) is 21.2 Å². The van der Waals surface area contributed by atoms with Crippen LogP contribution >= 0.6 is 0 Å². The zero-order valence-electron chi connectivity index (χ0n) is 14.1. The molecule has 24 heavy (non-hydrogen) atoms. The number of hydrogen-bond acceptors (Lipinski definition) is 4. The van der Waals surface area contributed by atoms with Gasteiger partial charge in [-0.3, -0.25) is 4.79 Å². The summed E-state index contributed by atoms with van der Waals surface area (Å²) in [5.41, 5.74) is 1.51. The van der Waals surface area contributed by atoms with Gasteiger partial charge in [-0.2, -0.15) is 0 Å². The maximum Gasteiger partial charge on any atom is 0.328 e. The van der Waals surface area contributed by atoms with Crippen molar-refractivity contribution in [3.05, 3.63) is 23.8 Å². The Balaban J connectivity index is 2.17. The Morgan fingerprint density at radius 2 is 2.04 bits per heavy atom. The number of anilines is 1. The monoisotopic (exact) mass is 353 g/mol. The molecule has 132 valence electrons. The molecule has 0 fully saturated rings. The molecule has 0 unspecified atom stereocenters. The van der Waals surface area contributed by atoms with Crippen LogP contribution in [0.2, 0.25) is 0 Å². The summed E-state index contributed by atoms with van der Waals surface area (Å²) in [7, 11) is -3.94. The van der Waals surface area contributed by atoms with Gasteiger partial charge in [-0.25, -0.2) is 17.9 Å². The number of amides is 3. The van der Waals surface area contributed by atoms with Crippen LogP contribution < -0.4 is 14.9 Å². The van der Waals surface area contributed by atoms with Gasteiger partial charge in [0.05, 0.1) is 4.90 Å². The predicted octanol–water partition coefficient (Wildman–Crippen LogP) is 1.77. The Bertz CT molecular complexity index is 746. The van der Waals surface area contributed by atoms with Gasteiger partial charge < -0.3 is 10.2 Å². The van der Waals surface area contributed by atoms with Gasteiger partial charge in [-0.05, 0) is 43.5 Å². The van der Waals surface area contributed by atoms with E-state index in [4.69, 9.17) is 0 Å². The zero-order chi connectivity index (χ0) is 17.9. The third kappa shape index (κ3) is 3.87. The second kappa shape index (κ2) is 7.21. The maximum absolute atomic E-state index is 12.3. The van der Waals surface area contributed by atoms with Crippen molar-refractivity contribution in [2.24, 2.45) is 0 Å². The topological polar surface area (TPSA) is 95.6 Å². The molecule has 7 nitrogen and oxygen atoms in total. The largest absolute Gasteiger partial charge is 0.337 e. The number of nitrogens with zero attached hydrogens (tertiary/aromatic N) is 1. The van der Waals surface area contributed by atoms with E-state index in [1.165, 1.54) is 19.1 Å². The van der Waals surface area contributed by atoms with Crippen LogP contribution in [0.25, 0.3) is 0 Å². The number of fused-ring (bicyclic) bond motifs is 1. The van der Waals surface area contributed by atoms with E-state index in [1.54, 1.807) is 11.0 Å². The van der Waals surface area contributed by atoms with Crippen molar-refractivity contribution in [3.63, 3.8) is 0 Å². The number of unbranched alkanes of at least 4 members (excludes halogenated alkanes) is 1. The standard InChI is InChI=1S/C16H23N3O4S/c1-4-5-8-17-16(21)18-24(22,23)14-6-7-15-13(10-14)9-11(2)19(15)12(3)20/h6-7,10-11H,4-5,8-9H2,1-3H3,(H2,17,18,21)/t11-/m0/s1. The molecular formula is C16H23N3O4S. The second-order valence-corrected chi connectivity index (χ2v) is 7.63. The fourth-order valence-corrected chi connectivity index (χ4v) is 3.83. The van der Waals surface area contributed by atoms with Crippen molar-refractivity contribution >= 4 is 27.6 Å². The minimum atomic E-state index is -3.94. The molecule has 1 atom stereocenters. The van der Waals surface area contributed by atoms with Crippen LogP contribution in [0.3, 0.4) is 0 Å². The van der Waals surface area contributed by atoms with Gasteiger partial charge >= 0.3 is 6.03 Å². The van der Waals surface area contributed by atoms with Crippen molar-refractivity contribution in [2.75, 3.05) is 11.4 Å². The predicted molar refractivity (Wildman–Crippen MR) is 91.4 cm³/mol. The molecule has 8 heteroatoms. The summed E-state index contributed by atoms with van der Waals surface area (Å²) in [5, 5.41) is 2.51. The molecule has 1 aromatic rings. The first-order chi connectivity index (χ1) is 11.3. The van der Waals surface area contributed by atoms with Crippen LogP contribution in [0.4, 0.5) is 10.5 Å². The van der Waals surface area contributed by atoms with Crippen LogP contribution in [0.1, 0.15) is 39.2 Å². The minimum Gasteiger partial charge on any atom is -0.337 e. The lowest BCUT2D eigenvalue weighted by molar-refractivity contribution is -0.116. The molecule has 0 spiro atoms. The number of benzene rings is 1. The maximum atomic E-state index is 12.3. The van der Waals surface area contributed by atoms with Crippen LogP contribution in [0.5, 0.6) is 0 Å². The Hall–Kier alpha value is -2.09. The Morgan fingerprint density at radius 1 is 1.33 bits per heavy atom. The summed E-state index contributed by atoms with van der Waals surface area (Å²) in [5.74, 6) is -0.0784. The molecule has 0 aromatic heterocycles. The van der Waals surface area contributed by atoms with E-state index in [1.807, 2.05) is 18.6 Å². The molecule has 2 N–H and O–H groups in total. The van der Waals surface area contributed by atoms with Crippen molar-refractivity contribution in [1.29, 1.82) is 0 Å². The van der Waals surface area contributed by atoms with Crippen LogP contribution in [0, 0.1) is 0 Å². The van der Waals surface area contributed by atoms with Crippen LogP contribution in [-0.4, -0.2) is 32.9 Å². The van der Waals surface area contributed by atoms with Crippen molar-refractivity contribution in [2.45, 2.75) is 51.0 Å². The number of hydrogen-bond donors (Lipinski definition) is 2. The van der Waals surface area contributed by atoms with Crippen LogP contribution in [0.15, 0.2) is 23.1 Å². The van der Waals surface area contributed by atoms with Gasteiger partial charge in [0.2, 0.25) is 5.91 Å². The summed E-state index contributed by atoms with van der Waals surface area (Å²) >= 11 is 0. The summed E-state index contributed by atoms with van der Waals surface area (Å²) in [6, 6.07) is 3.80. The third-order valence-corrected chi connectivity index (χ3v) is 5.29. The van der Waals surface area contributed by atoms with Gasteiger partial charge in [0.15, 0.2) is 0 Å².